The highest BCUT2D eigenvalue weighted by Gasteiger charge is 2.48. The van der Waals surface area contributed by atoms with E-state index in [-0.39, 0.29) is 0 Å². The lowest BCUT2D eigenvalue weighted by Crippen LogP contribution is -2.28. The van der Waals surface area contributed by atoms with Crippen LogP contribution < -0.4 is 0 Å². The first-order valence-corrected chi connectivity index (χ1v) is 34.0. The first kappa shape index (κ1) is 61.7. The molecule has 0 amide bonds. The molecule has 2 aliphatic carbocycles. The highest BCUT2D eigenvalue weighted by molar-refractivity contribution is 5.92. The van der Waals surface area contributed by atoms with Crippen LogP contribution in [0.4, 0.5) is 11.4 Å². The van der Waals surface area contributed by atoms with Gasteiger partial charge in [-0.25, -0.2) is 39.6 Å². The highest BCUT2D eigenvalue weighted by atomic mass is 15.0. The van der Waals surface area contributed by atoms with Gasteiger partial charge in [-0.15, -0.1) is 0 Å². The molecule has 18 rings (SSSR count). The maximum absolute atomic E-state index is 7.88. The molecule has 0 fully saturated rings. The van der Waals surface area contributed by atoms with Gasteiger partial charge < -0.3 is 0 Å². The fourth-order valence-electron chi connectivity index (χ4n) is 15.0. The van der Waals surface area contributed by atoms with Crippen LogP contribution in [0.1, 0.15) is 44.5 Å². The highest BCUT2D eigenvalue weighted by Crippen LogP contribution is 2.59. The molecule has 0 aliphatic heterocycles. The quantitative estimate of drug-likeness (QED) is 0.113. The molecule has 8 heteroatoms. The molecule has 2 heterocycles. The normalized spacial score (nSPS) is 12.5. The van der Waals surface area contributed by atoms with E-state index in [0.29, 0.717) is 46.3 Å². The lowest BCUT2D eigenvalue weighted by atomic mass is 9.67. The van der Waals surface area contributed by atoms with Crippen molar-refractivity contribution >= 4 is 11.4 Å². The first-order valence-electron chi connectivity index (χ1n) is 34.0. The summed E-state index contributed by atoms with van der Waals surface area (Å²) >= 11 is 0. The number of hydrogen-bond acceptors (Lipinski definition) is 6. The summed E-state index contributed by atoms with van der Waals surface area (Å²) in [4.78, 5) is 37.4. The van der Waals surface area contributed by atoms with Crippen molar-refractivity contribution in [3.8, 4) is 113 Å². The molecule has 0 saturated heterocycles. The van der Waals surface area contributed by atoms with E-state index in [1.165, 1.54) is 44.5 Å². The second-order valence-corrected chi connectivity index (χ2v) is 25.4. The van der Waals surface area contributed by atoms with Gasteiger partial charge in [0, 0.05) is 33.4 Å². The number of rotatable bonds is 12. The molecule has 0 radical (unpaired) electrons. The topological polar surface area (TPSA) is 86.1 Å². The zero-order chi connectivity index (χ0) is 68.4. The van der Waals surface area contributed by atoms with Gasteiger partial charge in [-0.3, -0.25) is 0 Å². The van der Waals surface area contributed by atoms with E-state index in [9.17, 15) is 0 Å². The minimum absolute atomic E-state index is 0.606. The van der Waals surface area contributed by atoms with Gasteiger partial charge in [0.05, 0.1) is 24.0 Å². The van der Waals surface area contributed by atoms with Gasteiger partial charge in [0.1, 0.15) is 0 Å². The Labute approximate surface area is 592 Å². The molecule has 0 unspecified atom stereocenters. The number of benzene rings is 14. The number of nitrogens with zero attached hydrogens (tertiary/aromatic N) is 8. The van der Waals surface area contributed by atoms with Crippen LogP contribution in [0, 0.1) is 13.1 Å². The van der Waals surface area contributed by atoms with Gasteiger partial charge in [-0.1, -0.05) is 340 Å². The second-order valence-electron chi connectivity index (χ2n) is 25.4. The van der Waals surface area contributed by atoms with Crippen molar-refractivity contribution in [1.29, 1.82) is 0 Å². The van der Waals surface area contributed by atoms with Crippen LogP contribution in [-0.4, -0.2) is 29.9 Å². The molecule has 0 N–H and O–H groups in total. The first-order chi connectivity index (χ1) is 50.4. The van der Waals surface area contributed by atoms with Crippen molar-refractivity contribution in [1.82, 2.24) is 29.9 Å². The SMILES string of the molecule is [C-]#[N+]c1ccc(-c2ccc3c(c2)C(c2ccccc2)(c2ccccc2)c2cc(-c4nc(-c5ccccc5)nc(-c5ccccc5)n4)ccc2-3)cc1.[C-]#[N+]c1ccc2c(c1)C(c1ccccc1)(c1ccccc1)c1cc(-c3cccc(-c4nc(-c5ccccc5)nc(-c5ccccc5)n4)c3)ccc1-2. The minimum atomic E-state index is -0.618. The molecule has 8 nitrogen and oxygen atoms in total. The summed E-state index contributed by atoms with van der Waals surface area (Å²) < 4.78 is 0. The Bertz CT molecular complexity index is 5670. The Hall–Kier alpha value is -13.9. The van der Waals surface area contributed by atoms with Crippen LogP contribution >= 0.6 is 0 Å². The van der Waals surface area contributed by atoms with Gasteiger partial charge in [0.15, 0.2) is 46.3 Å². The average Bonchev–Trinajstić information content (AvgIpc) is 1.54. The van der Waals surface area contributed by atoms with E-state index in [0.717, 1.165) is 77.9 Å². The average molecular weight is 1300 g/mol. The van der Waals surface area contributed by atoms with Crippen molar-refractivity contribution in [3.05, 3.63) is 431 Å². The Morgan fingerprint density at radius 3 is 0.775 bits per heavy atom. The summed E-state index contributed by atoms with van der Waals surface area (Å²) in [5, 5.41) is 0. The van der Waals surface area contributed by atoms with E-state index in [1.54, 1.807) is 0 Å². The standard InChI is InChI=1S/2C47H30N4/c1-48-39-26-28-41-40-27-25-35(30-42(40)47(43(41)31-39,37-21-10-4-11-22-37)38-23-12-5-13-24-38)34-19-14-20-36(29-34)46-50-44(32-15-6-2-7-16-32)49-45(51-46)33-17-8-3-9-18-33;1-48-39-26-22-32(23-27-39)35-24-28-40-41-29-25-36(46-50-44(33-14-6-2-7-15-33)49-45(51-46)34-16-8-3-9-17-34)31-43(41)47(42(40)30-35,37-18-10-4-11-19-37)38-20-12-5-13-21-38/h2*2-31H. The van der Waals surface area contributed by atoms with Gasteiger partial charge in [-0.2, -0.15) is 0 Å². The van der Waals surface area contributed by atoms with E-state index < -0.39 is 10.8 Å². The summed E-state index contributed by atoms with van der Waals surface area (Å²) in [6.07, 6.45) is 0. The van der Waals surface area contributed by atoms with Gasteiger partial charge in [-0.05, 0) is 113 Å². The Kier molecular flexibility index (Phi) is 16.0. The summed E-state index contributed by atoms with van der Waals surface area (Å²) in [6, 6.07) is 126. The van der Waals surface area contributed by atoms with E-state index in [1.807, 2.05) is 152 Å². The molecule has 14 aromatic carbocycles. The molecular weight excluding hydrogens is 1240 g/mol. The van der Waals surface area contributed by atoms with Crippen LogP contribution in [0.5, 0.6) is 0 Å². The van der Waals surface area contributed by atoms with Gasteiger partial charge in [0.2, 0.25) is 0 Å². The molecule has 0 saturated carbocycles. The molecule has 0 spiro atoms. The number of aromatic nitrogens is 6. The Morgan fingerprint density at radius 1 is 0.186 bits per heavy atom. The van der Waals surface area contributed by atoms with E-state index >= 15 is 0 Å². The molecule has 2 aliphatic rings. The third kappa shape index (κ3) is 11.0. The smallest absolute Gasteiger partial charge is 0.187 e. The molecular formula is C94H60N8. The molecule has 0 bridgehead atoms. The predicted molar refractivity (Wildman–Crippen MR) is 410 cm³/mol. The predicted octanol–water partition coefficient (Wildman–Crippen LogP) is 22.9. The lowest BCUT2D eigenvalue weighted by molar-refractivity contribution is 0.769. The van der Waals surface area contributed by atoms with Crippen molar-refractivity contribution < 1.29 is 0 Å². The monoisotopic (exact) mass is 1300 g/mol. The van der Waals surface area contributed by atoms with Crippen LogP contribution in [0.2, 0.25) is 0 Å². The summed E-state index contributed by atoms with van der Waals surface area (Å²) in [6.45, 7) is 15.3. The zero-order valence-corrected chi connectivity index (χ0v) is 55.2. The van der Waals surface area contributed by atoms with Crippen LogP contribution in [0.3, 0.4) is 0 Å². The second kappa shape index (κ2) is 26.5. The largest absolute Gasteiger partial charge is 0.238 e. The van der Waals surface area contributed by atoms with E-state index in [4.69, 9.17) is 43.0 Å². The molecule has 0 atom stereocenters. The zero-order valence-electron chi connectivity index (χ0n) is 55.2. The van der Waals surface area contributed by atoms with Crippen LogP contribution in [0.15, 0.2) is 364 Å². The minimum Gasteiger partial charge on any atom is -0.238 e. The maximum atomic E-state index is 7.88. The maximum Gasteiger partial charge on any atom is 0.187 e. The number of hydrogen-bond donors (Lipinski definition) is 0. The van der Waals surface area contributed by atoms with Crippen LogP contribution in [-0.2, 0) is 10.8 Å². The Morgan fingerprint density at radius 2 is 0.422 bits per heavy atom. The molecule has 102 heavy (non-hydrogen) atoms. The summed E-state index contributed by atoms with van der Waals surface area (Å²) in [5.41, 5.74) is 24.0. The van der Waals surface area contributed by atoms with Crippen molar-refractivity contribution in [2.24, 2.45) is 0 Å². The fraction of sp³-hybridized carbons (Fsp3) is 0.0213. The van der Waals surface area contributed by atoms with Crippen LogP contribution in [0.25, 0.3) is 123 Å². The van der Waals surface area contributed by atoms with Gasteiger partial charge >= 0.3 is 0 Å². The molecule has 16 aromatic rings. The van der Waals surface area contributed by atoms with Crippen molar-refractivity contribution in [2.45, 2.75) is 10.8 Å². The number of fused-ring (bicyclic) bond motifs is 6. The lowest BCUT2D eigenvalue weighted by Gasteiger charge is -2.34. The summed E-state index contributed by atoms with van der Waals surface area (Å²) in [5.74, 6) is 3.78. The van der Waals surface area contributed by atoms with E-state index in [2.05, 4.69) is 222 Å². The summed E-state index contributed by atoms with van der Waals surface area (Å²) in [7, 11) is 0. The van der Waals surface area contributed by atoms with Crippen molar-refractivity contribution in [3.63, 3.8) is 0 Å². The third-order valence-electron chi connectivity index (χ3n) is 19.7. The fourth-order valence-corrected chi connectivity index (χ4v) is 15.0. The van der Waals surface area contributed by atoms with Crippen molar-refractivity contribution in [2.75, 3.05) is 0 Å². The molecule has 476 valence electrons. The van der Waals surface area contributed by atoms with Gasteiger partial charge in [0.25, 0.3) is 0 Å². The molecule has 2 aromatic heterocycles. The Balaban J connectivity index is 0.000000152. The third-order valence-corrected chi connectivity index (χ3v) is 19.7.